The monoisotopic (exact) mass is 308 g/mol. The molecule has 2 aromatic carbocycles. The highest BCUT2D eigenvalue weighted by Crippen LogP contribution is 2.29. The largest absolute Gasteiger partial charge is 0.330 e. The molecule has 1 heterocycles. The van der Waals surface area contributed by atoms with Crippen LogP contribution in [0.5, 0.6) is 0 Å². The molecular formula is C20H24N2O. The van der Waals surface area contributed by atoms with Crippen LogP contribution in [0.15, 0.2) is 48.5 Å². The van der Waals surface area contributed by atoms with Crippen LogP contribution < -0.4 is 10.6 Å². The average Bonchev–Trinajstić information content (AvgIpc) is 2.57. The van der Waals surface area contributed by atoms with Crippen molar-refractivity contribution >= 4 is 11.6 Å². The van der Waals surface area contributed by atoms with Crippen LogP contribution in [-0.2, 0) is 24.2 Å². The Labute approximate surface area is 138 Å². The fourth-order valence-electron chi connectivity index (χ4n) is 3.24. The maximum absolute atomic E-state index is 12.8. The number of fused-ring (bicyclic) bond motifs is 2. The van der Waals surface area contributed by atoms with Gasteiger partial charge >= 0.3 is 0 Å². The maximum Gasteiger partial charge on any atom is 0.227 e. The zero-order valence-electron chi connectivity index (χ0n) is 13.5. The number of nitrogens with two attached hydrogens (primary N) is 1. The van der Waals surface area contributed by atoms with Gasteiger partial charge < -0.3 is 10.6 Å². The number of anilines is 1. The molecule has 0 aliphatic carbocycles. The summed E-state index contributed by atoms with van der Waals surface area (Å²) in [4.78, 5) is 14.8. The molecule has 2 N–H and O–H groups in total. The molecule has 3 nitrogen and oxygen atoms in total. The van der Waals surface area contributed by atoms with E-state index in [0.29, 0.717) is 19.5 Å². The number of para-hydroxylation sites is 1. The number of nitrogens with zero attached hydrogens (tertiary/aromatic N) is 1. The Morgan fingerprint density at radius 2 is 1.57 bits per heavy atom. The zero-order valence-corrected chi connectivity index (χ0v) is 13.5. The summed E-state index contributed by atoms with van der Waals surface area (Å²) in [5, 5.41) is 0. The molecule has 0 spiro atoms. The summed E-state index contributed by atoms with van der Waals surface area (Å²) < 4.78 is 0. The van der Waals surface area contributed by atoms with Gasteiger partial charge in [0.25, 0.3) is 0 Å². The standard InChI is InChI=1S/C20H24N2O/c21-14-6-5-11-20(23)22-15-18-9-2-1-7-16(18)12-13-17-8-3-4-10-19(17)22/h1-4,7-10H,5-6,11-15,21H2. The zero-order chi connectivity index (χ0) is 16.1. The summed E-state index contributed by atoms with van der Waals surface area (Å²) in [6.07, 6.45) is 4.32. The fraction of sp³-hybridized carbons (Fsp3) is 0.350. The molecule has 23 heavy (non-hydrogen) atoms. The Balaban J connectivity index is 1.92. The minimum Gasteiger partial charge on any atom is -0.330 e. The van der Waals surface area contributed by atoms with Crippen LogP contribution in [0.4, 0.5) is 5.69 Å². The van der Waals surface area contributed by atoms with Crippen molar-refractivity contribution in [3.05, 3.63) is 65.2 Å². The van der Waals surface area contributed by atoms with Crippen LogP contribution in [0.1, 0.15) is 36.0 Å². The van der Waals surface area contributed by atoms with Crippen molar-refractivity contribution in [1.82, 2.24) is 0 Å². The van der Waals surface area contributed by atoms with Gasteiger partial charge in [-0.1, -0.05) is 42.5 Å². The molecule has 3 rings (SSSR count). The number of unbranched alkanes of at least 4 members (excludes halogenated alkanes) is 1. The predicted octanol–water partition coefficient (Wildman–Crippen LogP) is 3.45. The van der Waals surface area contributed by atoms with Gasteiger partial charge in [-0.3, -0.25) is 4.79 Å². The van der Waals surface area contributed by atoms with Gasteiger partial charge in [0, 0.05) is 12.1 Å². The topological polar surface area (TPSA) is 46.3 Å². The highest BCUT2D eigenvalue weighted by atomic mass is 16.2. The lowest BCUT2D eigenvalue weighted by Gasteiger charge is -2.29. The Morgan fingerprint density at radius 1 is 0.913 bits per heavy atom. The molecule has 0 aromatic heterocycles. The van der Waals surface area contributed by atoms with Crippen LogP contribution in [0.25, 0.3) is 0 Å². The van der Waals surface area contributed by atoms with Crippen molar-refractivity contribution in [3.63, 3.8) is 0 Å². The maximum atomic E-state index is 12.8. The number of rotatable bonds is 4. The Kier molecular flexibility index (Phi) is 5.09. The summed E-state index contributed by atoms with van der Waals surface area (Å²) in [5.74, 6) is 0.197. The minimum atomic E-state index is 0.197. The summed E-state index contributed by atoms with van der Waals surface area (Å²) in [7, 11) is 0. The first-order valence-corrected chi connectivity index (χ1v) is 8.44. The summed E-state index contributed by atoms with van der Waals surface area (Å²) >= 11 is 0. The second-order valence-electron chi connectivity index (χ2n) is 6.12. The molecule has 0 radical (unpaired) electrons. The molecule has 1 aliphatic rings. The van der Waals surface area contributed by atoms with Crippen LogP contribution in [0.2, 0.25) is 0 Å². The van der Waals surface area contributed by atoms with E-state index in [1.165, 1.54) is 16.7 Å². The van der Waals surface area contributed by atoms with E-state index in [1.807, 2.05) is 11.0 Å². The number of benzene rings is 2. The number of hydrogen-bond acceptors (Lipinski definition) is 2. The first-order chi connectivity index (χ1) is 11.3. The summed E-state index contributed by atoms with van der Waals surface area (Å²) in [5.41, 5.74) is 10.5. The lowest BCUT2D eigenvalue weighted by molar-refractivity contribution is -0.118. The molecule has 0 atom stereocenters. The highest BCUT2D eigenvalue weighted by Gasteiger charge is 2.21. The lowest BCUT2D eigenvalue weighted by Crippen LogP contribution is -2.32. The third kappa shape index (κ3) is 3.62. The summed E-state index contributed by atoms with van der Waals surface area (Å²) in [6, 6.07) is 16.8. The van der Waals surface area contributed by atoms with E-state index in [9.17, 15) is 4.79 Å². The molecule has 2 aromatic rings. The number of hydrogen-bond donors (Lipinski definition) is 1. The van der Waals surface area contributed by atoms with Gasteiger partial charge in [-0.25, -0.2) is 0 Å². The van der Waals surface area contributed by atoms with Crippen molar-refractivity contribution < 1.29 is 4.79 Å². The van der Waals surface area contributed by atoms with Crippen LogP contribution >= 0.6 is 0 Å². The Bertz CT molecular complexity index is 681. The van der Waals surface area contributed by atoms with Gasteiger partial charge in [0.1, 0.15) is 0 Å². The van der Waals surface area contributed by atoms with Gasteiger partial charge in [0.05, 0.1) is 6.54 Å². The molecule has 0 saturated heterocycles. The van der Waals surface area contributed by atoms with Gasteiger partial charge in [0.15, 0.2) is 0 Å². The third-order valence-corrected chi connectivity index (χ3v) is 4.54. The smallest absolute Gasteiger partial charge is 0.227 e. The average molecular weight is 308 g/mol. The van der Waals surface area contributed by atoms with E-state index in [0.717, 1.165) is 31.4 Å². The van der Waals surface area contributed by atoms with E-state index in [-0.39, 0.29) is 5.91 Å². The Morgan fingerprint density at radius 3 is 2.35 bits per heavy atom. The van der Waals surface area contributed by atoms with E-state index < -0.39 is 0 Å². The number of carbonyl (C=O) groups excluding carboxylic acids is 1. The van der Waals surface area contributed by atoms with Crippen LogP contribution in [0, 0.1) is 0 Å². The predicted molar refractivity (Wildman–Crippen MR) is 94.4 cm³/mol. The van der Waals surface area contributed by atoms with Crippen molar-refractivity contribution in [2.45, 2.75) is 38.6 Å². The quantitative estimate of drug-likeness (QED) is 0.879. The molecule has 0 fully saturated rings. The molecule has 0 unspecified atom stereocenters. The van der Waals surface area contributed by atoms with Gasteiger partial charge in [0.2, 0.25) is 5.91 Å². The lowest BCUT2D eigenvalue weighted by atomic mass is 9.95. The second kappa shape index (κ2) is 7.42. The van der Waals surface area contributed by atoms with Crippen LogP contribution in [0.3, 0.4) is 0 Å². The minimum absolute atomic E-state index is 0.197. The van der Waals surface area contributed by atoms with E-state index >= 15 is 0 Å². The molecule has 120 valence electrons. The molecule has 0 bridgehead atoms. The van der Waals surface area contributed by atoms with Crippen molar-refractivity contribution in [2.24, 2.45) is 5.73 Å². The van der Waals surface area contributed by atoms with E-state index in [2.05, 4.69) is 42.5 Å². The first-order valence-electron chi connectivity index (χ1n) is 8.44. The van der Waals surface area contributed by atoms with Crippen molar-refractivity contribution in [3.8, 4) is 0 Å². The molecule has 1 amide bonds. The van der Waals surface area contributed by atoms with Gasteiger partial charge in [-0.05, 0) is 55.0 Å². The fourth-order valence-corrected chi connectivity index (χ4v) is 3.24. The normalized spacial score (nSPS) is 13.7. The SMILES string of the molecule is NCCCCC(=O)N1Cc2ccccc2CCc2ccccc21. The van der Waals surface area contributed by atoms with Gasteiger partial charge in [-0.2, -0.15) is 0 Å². The van der Waals surface area contributed by atoms with E-state index in [4.69, 9.17) is 5.73 Å². The Hall–Kier alpha value is -2.13. The van der Waals surface area contributed by atoms with Gasteiger partial charge in [-0.15, -0.1) is 0 Å². The molecule has 1 aliphatic heterocycles. The number of aryl methyl sites for hydroxylation is 2. The summed E-state index contributed by atoms with van der Waals surface area (Å²) in [6.45, 7) is 1.31. The first kappa shape index (κ1) is 15.8. The second-order valence-corrected chi connectivity index (χ2v) is 6.12. The van der Waals surface area contributed by atoms with Crippen molar-refractivity contribution in [2.75, 3.05) is 11.4 Å². The molecule has 0 saturated carbocycles. The van der Waals surface area contributed by atoms with Crippen LogP contribution in [-0.4, -0.2) is 12.5 Å². The number of carbonyl (C=O) groups is 1. The molecule has 3 heteroatoms. The number of amides is 1. The van der Waals surface area contributed by atoms with Crippen molar-refractivity contribution in [1.29, 1.82) is 0 Å². The highest BCUT2D eigenvalue weighted by molar-refractivity contribution is 5.94. The third-order valence-electron chi connectivity index (χ3n) is 4.54. The molecular weight excluding hydrogens is 284 g/mol. The van der Waals surface area contributed by atoms with E-state index in [1.54, 1.807) is 0 Å².